The molecule has 0 aromatic carbocycles. The molecule has 0 aliphatic heterocycles. The summed E-state index contributed by atoms with van der Waals surface area (Å²) in [6, 6.07) is 0. The Balaban J connectivity index is 4.12. The van der Waals surface area contributed by atoms with Gasteiger partial charge in [-0.15, -0.1) is 18.1 Å². The Labute approximate surface area is 91.3 Å². The number of carbonyl (C=O) groups excluding carboxylic acids is 1. The van der Waals surface area contributed by atoms with Crippen molar-refractivity contribution in [2.45, 2.75) is 19.8 Å². The summed E-state index contributed by atoms with van der Waals surface area (Å²) in [4.78, 5) is 10.8. The lowest BCUT2D eigenvalue weighted by molar-refractivity contribution is -0.138. The molecule has 1 atom stereocenters. The average molecular weight is 204 g/mol. The molecular formula is C13H16O2. The lowest BCUT2D eigenvalue weighted by Gasteiger charge is -2.09. The zero-order valence-electron chi connectivity index (χ0n) is 9.03. The highest BCUT2D eigenvalue weighted by atomic mass is 16.5. The summed E-state index contributed by atoms with van der Waals surface area (Å²) in [5.41, 5.74) is 2.96. The Morgan fingerprint density at radius 2 is 2.40 bits per heavy atom. The molecule has 1 unspecified atom stereocenters. The first-order valence-electron chi connectivity index (χ1n) is 4.84. The Hall–Kier alpha value is -1.71. The molecule has 0 fully saturated rings. The first kappa shape index (κ1) is 13.3. The van der Waals surface area contributed by atoms with Crippen LogP contribution in [0.2, 0.25) is 0 Å². The molecule has 80 valence electrons. The predicted octanol–water partition coefficient (Wildman–Crippen LogP) is 2.48. The van der Waals surface area contributed by atoms with Crippen LogP contribution in [-0.4, -0.2) is 12.6 Å². The molecule has 0 spiro atoms. The first-order chi connectivity index (χ1) is 7.24. The van der Waals surface area contributed by atoms with E-state index in [1.165, 1.54) is 0 Å². The number of esters is 1. The Morgan fingerprint density at radius 3 is 2.93 bits per heavy atom. The van der Waals surface area contributed by atoms with Crippen molar-refractivity contribution in [1.29, 1.82) is 0 Å². The molecule has 0 aliphatic carbocycles. The number of terminal acetylenes is 1. The monoisotopic (exact) mass is 204 g/mol. The van der Waals surface area contributed by atoms with Crippen LogP contribution in [0.25, 0.3) is 0 Å². The van der Waals surface area contributed by atoms with Crippen LogP contribution in [0.4, 0.5) is 0 Å². The second-order valence-corrected chi connectivity index (χ2v) is 2.96. The normalized spacial score (nSPS) is 10.4. The van der Waals surface area contributed by atoms with E-state index in [0.717, 1.165) is 12.5 Å². The third kappa shape index (κ3) is 7.37. The van der Waals surface area contributed by atoms with E-state index in [1.54, 1.807) is 6.08 Å². The molecule has 2 heteroatoms. The fourth-order valence-electron chi connectivity index (χ4n) is 0.964. The summed E-state index contributed by atoms with van der Waals surface area (Å²) in [7, 11) is 0. The Kier molecular flexibility index (Phi) is 7.86. The van der Waals surface area contributed by atoms with Crippen LogP contribution in [0.1, 0.15) is 19.8 Å². The third-order valence-corrected chi connectivity index (χ3v) is 1.76. The quantitative estimate of drug-likeness (QED) is 0.287. The van der Waals surface area contributed by atoms with Crippen molar-refractivity contribution in [2.24, 2.45) is 5.92 Å². The number of carbonyl (C=O) groups is 1. The molecule has 0 aliphatic rings. The van der Waals surface area contributed by atoms with Crippen molar-refractivity contribution >= 4 is 5.97 Å². The van der Waals surface area contributed by atoms with Gasteiger partial charge in [0.2, 0.25) is 0 Å². The molecule has 0 radical (unpaired) electrons. The van der Waals surface area contributed by atoms with Crippen LogP contribution in [-0.2, 0) is 9.53 Å². The molecular weight excluding hydrogens is 188 g/mol. The lowest BCUT2D eigenvalue weighted by Crippen LogP contribution is -2.10. The zero-order chi connectivity index (χ0) is 11.5. The van der Waals surface area contributed by atoms with Crippen molar-refractivity contribution in [3.8, 4) is 12.3 Å². The Morgan fingerprint density at radius 1 is 1.67 bits per heavy atom. The van der Waals surface area contributed by atoms with E-state index in [1.807, 2.05) is 13.0 Å². The molecule has 0 heterocycles. The molecule has 0 amide bonds. The van der Waals surface area contributed by atoms with E-state index in [-0.39, 0.29) is 5.92 Å². The van der Waals surface area contributed by atoms with Gasteiger partial charge in [0.1, 0.15) is 0 Å². The molecule has 0 aromatic rings. The van der Waals surface area contributed by atoms with Crippen LogP contribution in [0.15, 0.2) is 30.5 Å². The SMILES string of the molecule is C#CCCC(C=C=CC)COC(=O)C=C. The highest BCUT2D eigenvalue weighted by molar-refractivity contribution is 5.81. The minimum atomic E-state index is -0.408. The van der Waals surface area contributed by atoms with Crippen LogP contribution in [0.5, 0.6) is 0 Å². The van der Waals surface area contributed by atoms with Gasteiger partial charge in [-0.2, -0.15) is 0 Å². The van der Waals surface area contributed by atoms with Crippen molar-refractivity contribution in [3.63, 3.8) is 0 Å². The summed E-state index contributed by atoms with van der Waals surface area (Å²) < 4.78 is 4.94. The van der Waals surface area contributed by atoms with Gasteiger partial charge in [0.15, 0.2) is 0 Å². The fourth-order valence-corrected chi connectivity index (χ4v) is 0.964. The minimum absolute atomic E-state index is 0.126. The van der Waals surface area contributed by atoms with Gasteiger partial charge in [0.05, 0.1) is 6.61 Å². The number of ether oxygens (including phenoxy) is 1. The zero-order valence-corrected chi connectivity index (χ0v) is 9.03. The smallest absolute Gasteiger partial charge is 0.330 e. The maximum absolute atomic E-state index is 10.8. The largest absolute Gasteiger partial charge is 0.462 e. The fraction of sp³-hybridized carbons (Fsp3) is 0.385. The summed E-state index contributed by atoms with van der Waals surface area (Å²) in [6.45, 7) is 5.53. The molecule has 0 N–H and O–H groups in total. The van der Waals surface area contributed by atoms with E-state index < -0.39 is 5.97 Å². The topological polar surface area (TPSA) is 26.3 Å². The third-order valence-electron chi connectivity index (χ3n) is 1.76. The van der Waals surface area contributed by atoms with Gasteiger partial charge in [-0.1, -0.05) is 6.58 Å². The van der Waals surface area contributed by atoms with E-state index in [2.05, 4.69) is 18.2 Å². The number of hydrogen-bond donors (Lipinski definition) is 0. The van der Waals surface area contributed by atoms with E-state index >= 15 is 0 Å². The van der Waals surface area contributed by atoms with Crippen LogP contribution < -0.4 is 0 Å². The van der Waals surface area contributed by atoms with E-state index in [0.29, 0.717) is 13.0 Å². The maximum Gasteiger partial charge on any atom is 0.330 e. The summed E-state index contributed by atoms with van der Waals surface area (Å²) in [5.74, 6) is 2.28. The van der Waals surface area contributed by atoms with Gasteiger partial charge < -0.3 is 4.74 Å². The van der Waals surface area contributed by atoms with E-state index in [4.69, 9.17) is 11.2 Å². The first-order valence-corrected chi connectivity index (χ1v) is 4.84. The highest BCUT2D eigenvalue weighted by Gasteiger charge is 2.06. The molecule has 0 bridgehead atoms. The van der Waals surface area contributed by atoms with Crippen LogP contribution in [0, 0.1) is 18.3 Å². The summed E-state index contributed by atoms with van der Waals surface area (Å²) in [5, 5.41) is 0. The average Bonchev–Trinajstić information content (AvgIpc) is 2.27. The van der Waals surface area contributed by atoms with Crippen LogP contribution in [0.3, 0.4) is 0 Å². The molecule has 15 heavy (non-hydrogen) atoms. The van der Waals surface area contributed by atoms with Gasteiger partial charge in [0.25, 0.3) is 0 Å². The van der Waals surface area contributed by atoms with Crippen molar-refractivity contribution < 1.29 is 9.53 Å². The van der Waals surface area contributed by atoms with Crippen LogP contribution >= 0.6 is 0 Å². The number of hydrogen-bond acceptors (Lipinski definition) is 2. The molecule has 0 aromatic heterocycles. The highest BCUT2D eigenvalue weighted by Crippen LogP contribution is 2.08. The summed E-state index contributed by atoms with van der Waals surface area (Å²) in [6.07, 6.45) is 11.5. The van der Waals surface area contributed by atoms with Crippen molar-refractivity contribution in [2.75, 3.05) is 6.61 Å². The van der Waals surface area contributed by atoms with Gasteiger partial charge in [0, 0.05) is 18.4 Å². The molecule has 0 rings (SSSR count). The minimum Gasteiger partial charge on any atom is -0.462 e. The van der Waals surface area contributed by atoms with Crippen molar-refractivity contribution in [1.82, 2.24) is 0 Å². The van der Waals surface area contributed by atoms with Gasteiger partial charge >= 0.3 is 5.97 Å². The molecule has 2 nitrogen and oxygen atoms in total. The molecule has 0 saturated heterocycles. The number of rotatable bonds is 6. The van der Waals surface area contributed by atoms with Crippen molar-refractivity contribution in [3.05, 3.63) is 30.5 Å². The lowest BCUT2D eigenvalue weighted by atomic mass is 10.0. The maximum atomic E-state index is 10.8. The second kappa shape index (κ2) is 8.87. The van der Waals surface area contributed by atoms with Gasteiger partial charge in [-0.25, -0.2) is 4.79 Å². The predicted molar refractivity (Wildman–Crippen MR) is 61.0 cm³/mol. The standard InChI is InChI=1S/C13H16O2/c1-4-7-9-12(10-8-5-2)11-15-13(14)6-3/h1,5-6,10,12H,3,7,9,11H2,2H3. The van der Waals surface area contributed by atoms with Gasteiger partial charge in [-0.05, 0) is 25.5 Å². The summed E-state index contributed by atoms with van der Waals surface area (Å²) >= 11 is 0. The van der Waals surface area contributed by atoms with E-state index in [9.17, 15) is 4.79 Å². The Bertz CT molecular complexity index is 301. The second-order valence-electron chi connectivity index (χ2n) is 2.96. The van der Waals surface area contributed by atoms with Gasteiger partial charge in [-0.3, -0.25) is 0 Å². The molecule has 0 saturated carbocycles.